The molecule has 0 spiro atoms. The van der Waals surface area contributed by atoms with Crippen molar-refractivity contribution in [3.8, 4) is 96.3 Å². The van der Waals surface area contributed by atoms with Gasteiger partial charge < -0.3 is 14.4 Å². The maximum Gasteiger partial charge on any atom is 0.252 e. The van der Waals surface area contributed by atoms with Gasteiger partial charge in [0.2, 0.25) is 0 Å². The van der Waals surface area contributed by atoms with Crippen molar-refractivity contribution in [1.29, 1.82) is 0 Å². The summed E-state index contributed by atoms with van der Waals surface area (Å²) in [6, 6.07) is 116. The molecule has 0 fully saturated rings. The summed E-state index contributed by atoms with van der Waals surface area (Å²) in [5.41, 5.74) is 23.2. The van der Waals surface area contributed by atoms with Gasteiger partial charge in [-0.15, -0.1) is 0 Å². The van der Waals surface area contributed by atoms with Crippen LogP contribution in [-0.4, -0.2) is 41.2 Å². The first-order valence-corrected chi connectivity index (χ1v) is 31.7. The van der Waals surface area contributed by atoms with Crippen LogP contribution in [0.1, 0.15) is 0 Å². The number of aromatic nitrogens is 7. The van der Waals surface area contributed by atoms with Crippen molar-refractivity contribution in [1.82, 2.24) is 34.5 Å². The van der Waals surface area contributed by atoms with Gasteiger partial charge in [0.05, 0.1) is 16.7 Å². The smallest absolute Gasteiger partial charge is 0.252 e. The van der Waals surface area contributed by atoms with Crippen LogP contribution in [0.3, 0.4) is 0 Å². The summed E-state index contributed by atoms with van der Waals surface area (Å²) < 4.78 is 2.41. The number of benzene rings is 13. The SMILES string of the molecule is c1ccc(-c2nc(-c3ccccc3)nc(-c3ccc(-n4c5ccccc5c5cc(-c6nc(-c7ccccc7)nc(-c7ccccc7)n6)ccc54)c(-c4cccc(-c5cc6c7c(c5)N(c5ccccc5)c5ccccc5B7c5ccccc5N6c5ccccc5)c4)c3)n2)cc1. The monoisotopic (exact) mass is 1200 g/mol. The van der Waals surface area contributed by atoms with Gasteiger partial charge in [0.25, 0.3) is 6.71 Å². The average Bonchev–Trinajstić information content (AvgIpc) is 0.845. The molecule has 0 radical (unpaired) electrons. The third-order valence-electron chi connectivity index (χ3n) is 18.2. The lowest BCUT2D eigenvalue weighted by molar-refractivity contribution is 1.07. The molecule has 0 saturated heterocycles. The first kappa shape index (κ1) is 54.3. The van der Waals surface area contributed by atoms with E-state index in [1.165, 1.54) is 16.4 Å². The topological polar surface area (TPSA) is 88.7 Å². The van der Waals surface area contributed by atoms with Crippen LogP contribution in [0.15, 0.2) is 328 Å². The van der Waals surface area contributed by atoms with E-state index in [4.69, 9.17) is 29.9 Å². The predicted octanol–water partition coefficient (Wildman–Crippen LogP) is 18.6. The number of fused-ring (bicyclic) bond motifs is 7. The van der Waals surface area contributed by atoms with E-state index in [1.807, 2.05) is 97.1 Å². The van der Waals surface area contributed by atoms with E-state index in [1.54, 1.807) is 0 Å². The Kier molecular flexibility index (Phi) is 13.1. The molecule has 94 heavy (non-hydrogen) atoms. The van der Waals surface area contributed by atoms with Crippen molar-refractivity contribution < 1.29 is 0 Å². The zero-order valence-electron chi connectivity index (χ0n) is 50.8. The van der Waals surface area contributed by atoms with Gasteiger partial charge in [0.15, 0.2) is 34.9 Å². The van der Waals surface area contributed by atoms with Crippen LogP contribution in [-0.2, 0) is 0 Å². The molecule has 0 N–H and O–H groups in total. The van der Waals surface area contributed by atoms with Crippen LogP contribution in [0.25, 0.3) is 118 Å². The molecular weight excluding hydrogens is 1150 g/mol. The molecule has 10 heteroatoms. The van der Waals surface area contributed by atoms with Crippen molar-refractivity contribution in [3.05, 3.63) is 328 Å². The Morgan fingerprint density at radius 1 is 0.223 bits per heavy atom. The van der Waals surface area contributed by atoms with Crippen molar-refractivity contribution in [2.45, 2.75) is 0 Å². The Morgan fingerprint density at radius 3 is 1.11 bits per heavy atom. The maximum atomic E-state index is 5.29. The van der Waals surface area contributed by atoms with Gasteiger partial charge in [-0.25, -0.2) is 29.9 Å². The molecule has 0 bridgehead atoms. The molecule has 3 aromatic heterocycles. The van der Waals surface area contributed by atoms with E-state index in [-0.39, 0.29) is 6.71 Å². The summed E-state index contributed by atoms with van der Waals surface area (Å²) in [4.78, 5) is 36.0. The molecule has 0 atom stereocenters. The van der Waals surface area contributed by atoms with Crippen LogP contribution in [0.2, 0.25) is 0 Å². The summed E-state index contributed by atoms with van der Waals surface area (Å²) in [5.74, 6) is 3.57. The van der Waals surface area contributed by atoms with E-state index in [2.05, 4.69) is 245 Å². The molecule has 16 aromatic rings. The van der Waals surface area contributed by atoms with Crippen LogP contribution in [0, 0.1) is 0 Å². The molecule has 0 aliphatic carbocycles. The molecule has 5 heterocycles. The van der Waals surface area contributed by atoms with Crippen molar-refractivity contribution in [2.75, 3.05) is 9.80 Å². The lowest BCUT2D eigenvalue weighted by Crippen LogP contribution is -2.61. The summed E-state index contributed by atoms with van der Waals surface area (Å²) in [6.45, 7) is -0.0127. The standard InChI is InChI=1S/C84H54BN9/c1-7-26-55(27-8-1)79-86-80(56-28-9-2-10-29-56)89-83(88-79)61-46-48-72(94-71-43-22-19-40-66(71)68-52-62(47-49-73(68)94)84-90-81(57-30-11-3-12-31-57)87-82(91-84)58-32-13-4-14-33-58)67(51-61)60-35-25-34-59(50-60)63-53-76-78-77(54-63)93(65-38-17-6-18-39-65)75-45-24-21-42-70(75)85(78)69-41-20-23-44-74(69)92(76)64-36-15-5-16-37-64/h1-54H. The van der Waals surface area contributed by atoms with E-state index in [9.17, 15) is 0 Å². The highest BCUT2D eigenvalue weighted by Crippen LogP contribution is 2.47. The fourth-order valence-electron chi connectivity index (χ4n) is 14.0. The van der Waals surface area contributed by atoms with Gasteiger partial charge in [-0.05, 0) is 130 Å². The van der Waals surface area contributed by atoms with Gasteiger partial charge in [-0.2, -0.15) is 0 Å². The molecule has 0 saturated carbocycles. The van der Waals surface area contributed by atoms with E-state index < -0.39 is 0 Å². The van der Waals surface area contributed by atoms with Gasteiger partial charge in [-0.1, -0.05) is 231 Å². The molecule has 0 amide bonds. The molecule has 9 nitrogen and oxygen atoms in total. The number of para-hydroxylation sites is 5. The Hall–Kier alpha value is -12.7. The maximum absolute atomic E-state index is 5.29. The van der Waals surface area contributed by atoms with Crippen molar-refractivity contribution >= 4 is 79.0 Å². The Morgan fingerprint density at radius 2 is 0.606 bits per heavy atom. The largest absolute Gasteiger partial charge is 0.311 e. The van der Waals surface area contributed by atoms with Crippen LogP contribution in [0.5, 0.6) is 0 Å². The normalized spacial score (nSPS) is 12.2. The highest BCUT2D eigenvalue weighted by Gasteiger charge is 2.43. The average molecular weight is 1200 g/mol. The fraction of sp³-hybridized carbons (Fsp3) is 0. The third-order valence-corrected chi connectivity index (χ3v) is 18.2. The summed E-state index contributed by atoms with van der Waals surface area (Å²) in [6.07, 6.45) is 0. The molecular formula is C84H54BN9. The Labute approximate surface area is 544 Å². The van der Waals surface area contributed by atoms with Crippen molar-refractivity contribution in [3.63, 3.8) is 0 Å². The Balaban J connectivity index is 0.862. The lowest BCUT2D eigenvalue weighted by Gasteiger charge is -2.44. The van der Waals surface area contributed by atoms with Crippen LogP contribution < -0.4 is 26.2 Å². The number of hydrogen-bond acceptors (Lipinski definition) is 8. The molecule has 0 unspecified atom stereocenters. The zero-order valence-corrected chi connectivity index (χ0v) is 50.8. The molecule has 438 valence electrons. The van der Waals surface area contributed by atoms with Gasteiger partial charge in [-0.3, -0.25) is 0 Å². The fourth-order valence-corrected chi connectivity index (χ4v) is 14.0. The molecule has 2 aliphatic heterocycles. The van der Waals surface area contributed by atoms with E-state index >= 15 is 0 Å². The first-order valence-electron chi connectivity index (χ1n) is 31.7. The minimum absolute atomic E-state index is 0.0127. The van der Waals surface area contributed by atoms with Gasteiger partial charge in [0.1, 0.15) is 0 Å². The van der Waals surface area contributed by atoms with Gasteiger partial charge >= 0.3 is 0 Å². The highest BCUT2D eigenvalue weighted by atomic mass is 15.2. The molecule has 18 rings (SSSR count). The van der Waals surface area contributed by atoms with E-state index in [0.717, 1.165) is 117 Å². The minimum Gasteiger partial charge on any atom is -0.311 e. The first-order chi connectivity index (χ1) is 46.6. The summed E-state index contributed by atoms with van der Waals surface area (Å²) in [5, 5.41) is 2.16. The van der Waals surface area contributed by atoms with Crippen LogP contribution >= 0.6 is 0 Å². The molecule has 2 aliphatic rings. The third kappa shape index (κ3) is 9.34. The van der Waals surface area contributed by atoms with Gasteiger partial charge in [0, 0.05) is 83.8 Å². The highest BCUT2D eigenvalue weighted by molar-refractivity contribution is 7.00. The lowest BCUT2D eigenvalue weighted by atomic mass is 9.33. The number of hydrogen-bond donors (Lipinski definition) is 0. The summed E-state index contributed by atoms with van der Waals surface area (Å²) >= 11 is 0. The second-order valence-corrected chi connectivity index (χ2v) is 23.8. The van der Waals surface area contributed by atoms with Crippen LogP contribution in [0.4, 0.5) is 34.1 Å². The summed E-state index contributed by atoms with van der Waals surface area (Å²) in [7, 11) is 0. The zero-order chi connectivity index (χ0) is 62.1. The van der Waals surface area contributed by atoms with Crippen molar-refractivity contribution in [2.24, 2.45) is 0 Å². The molecule has 13 aromatic carbocycles. The minimum atomic E-state index is -0.0127. The Bertz CT molecular complexity index is 5350. The number of rotatable bonds is 11. The number of nitrogens with zero attached hydrogens (tertiary/aromatic N) is 9. The predicted molar refractivity (Wildman–Crippen MR) is 385 cm³/mol. The second-order valence-electron chi connectivity index (χ2n) is 23.8. The van der Waals surface area contributed by atoms with E-state index in [0.29, 0.717) is 34.9 Å². The quantitative estimate of drug-likeness (QED) is 0.118. The number of anilines is 6. The second kappa shape index (κ2) is 22.7.